The molecule has 5 N–H and O–H groups in total. The molecule has 4 fully saturated rings. The quantitative estimate of drug-likeness (QED) is 0.0629. The predicted molar refractivity (Wildman–Crippen MR) is 335 cm³/mol. The molecule has 0 spiro atoms. The van der Waals surface area contributed by atoms with Gasteiger partial charge in [0.15, 0.2) is 0 Å². The topological polar surface area (TPSA) is 156 Å². The number of nitrogens with one attached hydrogen (secondary N) is 2. The largest absolute Gasteiger partial charge is 0.464 e. The Hall–Kier alpha value is -4.50. The molecule has 5 aromatic rings. The van der Waals surface area contributed by atoms with Gasteiger partial charge in [0.2, 0.25) is 5.91 Å². The van der Waals surface area contributed by atoms with Crippen molar-refractivity contribution in [2.24, 2.45) is 0 Å². The summed E-state index contributed by atoms with van der Waals surface area (Å²) in [7, 11) is 0. The number of piperazine rings is 3. The van der Waals surface area contributed by atoms with Crippen LogP contribution >= 0.6 is 0 Å². The minimum Gasteiger partial charge on any atom is -0.464 e. The smallest absolute Gasteiger partial charge is 0.330 e. The zero-order valence-electron chi connectivity index (χ0n) is 48.2. The van der Waals surface area contributed by atoms with Crippen molar-refractivity contribution in [1.82, 2.24) is 15.1 Å². The Balaban J connectivity index is -0.000000304. The monoisotopic (exact) mass is 1260 g/mol. The number of amides is 1. The molecule has 5 aromatic carbocycles. The third-order valence-electron chi connectivity index (χ3n) is 12.0. The molecule has 80 heavy (non-hydrogen) atoms. The summed E-state index contributed by atoms with van der Waals surface area (Å²) in [4.78, 5) is 45.1. The van der Waals surface area contributed by atoms with Gasteiger partial charge in [-0.3, -0.25) is 19.4 Å². The van der Waals surface area contributed by atoms with E-state index < -0.39 is 0 Å². The summed E-state index contributed by atoms with van der Waals surface area (Å²) in [5, 5.41) is 16.0. The van der Waals surface area contributed by atoms with Crippen molar-refractivity contribution in [3.63, 3.8) is 0 Å². The van der Waals surface area contributed by atoms with Crippen molar-refractivity contribution in [3.05, 3.63) is 179 Å². The fourth-order valence-corrected chi connectivity index (χ4v) is 8.30. The van der Waals surface area contributed by atoms with Crippen LogP contribution in [0.1, 0.15) is 70.7 Å². The number of nitrogens with two attached hydrogens (primary N) is 1. The van der Waals surface area contributed by atoms with Gasteiger partial charge in [-0.05, 0) is 66.7 Å². The number of aliphatic hydroxyl groups is 1. The summed E-state index contributed by atoms with van der Waals surface area (Å²) in [5.41, 5.74) is 10.8. The SMILES string of the molecule is C.C.CC.CC.CC.Nc1ccccc1.O=C(CC(CO)N1CCN(c2ccccc2)CC1)Nc1ccccc1.O=C1C=CCO1.O=C1CC(N2CCN(c3ccccc3)CC2)CO1.[2HH].[CH3-].[CH3-].[Y].[Y].c1ccc(N2CCNCC2)cc1. The van der Waals surface area contributed by atoms with E-state index in [0.29, 0.717) is 32.1 Å². The maximum atomic E-state index is 12.3. The molecule has 5 aliphatic heterocycles. The Bertz CT molecular complexity index is 2230. The fourth-order valence-electron chi connectivity index (χ4n) is 8.30. The van der Waals surface area contributed by atoms with Crippen LogP contribution in [0.5, 0.6) is 0 Å². The normalized spacial score (nSPS) is 15.8. The summed E-state index contributed by atoms with van der Waals surface area (Å²) >= 11 is 0. The molecule has 0 saturated carbocycles. The predicted octanol–water partition coefficient (Wildman–Crippen LogP) is 11.3. The van der Waals surface area contributed by atoms with Crippen molar-refractivity contribution >= 4 is 46.3 Å². The molecular formula is C64H102N8O6Y2-2. The number of hydrogen-bond donors (Lipinski definition) is 4. The minimum atomic E-state index is -0.227. The molecule has 5 heterocycles. The van der Waals surface area contributed by atoms with Gasteiger partial charge >= 0.3 is 11.9 Å². The number of benzene rings is 5. The Morgan fingerprint density at radius 3 is 1.35 bits per heavy atom. The summed E-state index contributed by atoms with van der Waals surface area (Å²) < 4.78 is 9.44. The first-order chi connectivity index (χ1) is 36.3. The van der Waals surface area contributed by atoms with Gasteiger partial charge in [0.05, 0.1) is 19.1 Å². The molecule has 14 nitrogen and oxygen atoms in total. The van der Waals surface area contributed by atoms with E-state index in [4.69, 9.17) is 10.5 Å². The van der Waals surface area contributed by atoms with E-state index in [1.54, 1.807) is 6.08 Å². The van der Waals surface area contributed by atoms with Crippen LogP contribution in [0.25, 0.3) is 0 Å². The van der Waals surface area contributed by atoms with E-state index in [1.165, 1.54) is 23.1 Å². The molecule has 2 radical (unpaired) electrons. The summed E-state index contributed by atoms with van der Waals surface area (Å²) in [5.74, 6) is -0.337. The van der Waals surface area contributed by atoms with Crippen LogP contribution < -0.4 is 31.1 Å². The second kappa shape index (κ2) is 51.4. The van der Waals surface area contributed by atoms with Crippen LogP contribution in [0.15, 0.2) is 164 Å². The number of carbonyl (C=O) groups excluding carboxylic acids is 3. The molecule has 0 bridgehead atoms. The number of esters is 2. The minimum absolute atomic E-state index is 0. The molecule has 4 saturated heterocycles. The Kier molecular flexibility index (Phi) is 52.6. The van der Waals surface area contributed by atoms with E-state index in [0.717, 1.165) is 89.9 Å². The molecule has 2 unspecified atom stereocenters. The van der Waals surface area contributed by atoms with Crippen molar-refractivity contribution in [1.29, 1.82) is 0 Å². The van der Waals surface area contributed by atoms with Gasteiger partial charge in [-0.2, -0.15) is 0 Å². The van der Waals surface area contributed by atoms with Crippen LogP contribution in [0, 0.1) is 14.9 Å². The zero-order valence-corrected chi connectivity index (χ0v) is 53.9. The number of anilines is 5. The Morgan fingerprint density at radius 2 is 1.01 bits per heavy atom. The van der Waals surface area contributed by atoms with Crippen LogP contribution in [-0.2, 0) is 89.3 Å². The van der Waals surface area contributed by atoms with E-state index in [2.05, 4.69) is 107 Å². The van der Waals surface area contributed by atoms with E-state index in [9.17, 15) is 19.5 Å². The molecule has 5 aliphatic rings. The standard InChI is InChI=1S/C20H25N3O2.C14H18N2O2.C10H14N2.C6H7N.C4H4O2.3C2H6.2CH4.2CH3.2Y.H2/c24-16-19(15-20(25)21-17-7-3-1-4-8-17)23-13-11-22(12-14-23)18-9-5-2-6-10-18;17-14-10-13(11-18-14)16-8-6-15(7-9-16)12-4-2-1-3-5-12;1-2-4-10(5-3-1)12-8-6-11-7-9-12;7-6-4-2-1-3-5-6;5-4-2-1-3-6-4;3*1-2;;;;;;;/h1-10,19,24H,11-16H2,(H,21,25);1-5,13H,6-11H2;1-5,11H,6-9H2;1-5H,7H2;1-2H,3H2;3*1-2H3;2*1H4;2*1H3;;;1H/q;;;;;;;;;;2*-1;;;/i;;;;;;;;;;;;;;1+1. The summed E-state index contributed by atoms with van der Waals surface area (Å²) in [6.45, 7) is 25.1. The number of aliphatic hydroxyl groups excluding tert-OH is 1. The van der Waals surface area contributed by atoms with Gasteiger partial charge in [-0.1, -0.05) is 147 Å². The maximum absolute atomic E-state index is 12.3. The van der Waals surface area contributed by atoms with Gasteiger partial charge in [-0.15, -0.1) is 0 Å². The van der Waals surface area contributed by atoms with Gasteiger partial charge in [0, 0.05) is 192 Å². The maximum Gasteiger partial charge on any atom is 0.330 e. The number of rotatable bonds is 9. The molecule has 16 heteroatoms. The number of para-hydroxylation sites is 5. The number of nitrogens with zero attached hydrogens (tertiary/aromatic N) is 5. The summed E-state index contributed by atoms with van der Waals surface area (Å²) in [6, 6.07) is 50.5. The molecular weight excluding hydrogens is 1150 g/mol. The van der Waals surface area contributed by atoms with Gasteiger partial charge in [0.1, 0.15) is 13.2 Å². The molecule has 1 amide bonds. The average Bonchev–Trinajstić information content (AvgIpc) is 4.17. The van der Waals surface area contributed by atoms with Gasteiger partial charge in [0.25, 0.3) is 0 Å². The second-order valence-electron chi connectivity index (χ2n) is 16.7. The first-order valence-corrected chi connectivity index (χ1v) is 26.7. The molecule has 442 valence electrons. The molecule has 2 atom stereocenters. The number of carbonyl (C=O) groups is 3. The van der Waals surface area contributed by atoms with Crippen LogP contribution in [0.2, 0.25) is 0 Å². The summed E-state index contributed by atoms with van der Waals surface area (Å²) in [6.07, 6.45) is 3.96. The molecule has 10 rings (SSSR count). The van der Waals surface area contributed by atoms with Crippen molar-refractivity contribution in [2.45, 2.75) is 81.3 Å². The number of hydrogen-bond acceptors (Lipinski definition) is 13. The average molecular weight is 1260 g/mol. The van der Waals surface area contributed by atoms with E-state index in [-0.39, 0.29) is 127 Å². The van der Waals surface area contributed by atoms with Gasteiger partial charge in [-0.25, -0.2) is 4.79 Å². The van der Waals surface area contributed by atoms with Crippen molar-refractivity contribution in [3.8, 4) is 0 Å². The van der Waals surface area contributed by atoms with Crippen molar-refractivity contribution in [2.75, 3.05) is 124 Å². The molecule has 0 aliphatic carbocycles. The van der Waals surface area contributed by atoms with E-state index in [1.807, 2.05) is 126 Å². The van der Waals surface area contributed by atoms with Gasteiger partial charge < -0.3 is 60.5 Å². The van der Waals surface area contributed by atoms with Crippen LogP contribution in [0.4, 0.5) is 28.4 Å². The zero-order chi connectivity index (χ0) is 53.6. The van der Waals surface area contributed by atoms with Crippen LogP contribution in [-0.4, -0.2) is 143 Å². The molecule has 0 aromatic heterocycles. The number of cyclic esters (lactones) is 2. The van der Waals surface area contributed by atoms with Crippen LogP contribution in [0.3, 0.4) is 0 Å². The number of nitrogen functional groups attached to an aromatic ring is 1. The third kappa shape index (κ3) is 32.2. The third-order valence-corrected chi connectivity index (χ3v) is 12.0. The second-order valence-corrected chi connectivity index (χ2v) is 16.7. The number of ether oxygens (including phenoxy) is 2. The van der Waals surface area contributed by atoms with Crippen molar-refractivity contribution < 1.29 is 95.8 Å². The first kappa shape index (κ1) is 82.0. The fraction of sp³-hybridized carbons (Fsp3) is 0.422. The Labute approximate surface area is 536 Å². The van der Waals surface area contributed by atoms with E-state index >= 15 is 0 Å². The first-order valence-electron chi connectivity index (χ1n) is 26.7. The Morgan fingerprint density at radius 1 is 0.613 bits per heavy atom.